The van der Waals surface area contributed by atoms with Crippen LogP contribution in [-0.4, -0.2) is 19.2 Å². The summed E-state index contributed by atoms with van der Waals surface area (Å²) in [5.41, 5.74) is -15.1. The summed E-state index contributed by atoms with van der Waals surface area (Å²) in [7, 11) is 0. The third kappa shape index (κ3) is 6.68. The Bertz CT molecular complexity index is 2250. The van der Waals surface area contributed by atoms with Gasteiger partial charge in [-0.3, -0.25) is 4.90 Å². The molecule has 5 aromatic carbocycles. The van der Waals surface area contributed by atoms with E-state index in [1.54, 1.807) is 0 Å². The summed E-state index contributed by atoms with van der Waals surface area (Å²) >= 11 is 0. The van der Waals surface area contributed by atoms with E-state index in [4.69, 9.17) is 0 Å². The Hall–Kier alpha value is -5.63. The maximum Gasteiger partial charge on any atom is 0.225 e. The molecule has 0 amide bonds. The highest BCUT2D eigenvalue weighted by Gasteiger charge is 2.52. The molecular weight excluding hydrogens is 908 g/mol. The summed E-state index contributed by atoms with van der Waals surface area (Å²) in [6.07, 6.45) is -5.78. The zero-order valence-corrected chi connectivity index (χ0v) is 28.4. The maximum absolute atomic E-state index is 15.4. The first-order chi connectivity index (χ1) is 28.2. The zero-order valence-electron chi connectivity index (χ0n) is 28.4. The van der Waals surface area contributed by atoms with E-state index in [1.165, 1.54) is 0 Å². The van der Waals surface area contributed by atoms with Gasteiger partial charge in [0.15, 0.2) is 69.8 Å². The molecular formula is C34H9BF25N. The van der Waals surface area contributed by atoms with Crippen LogP contribution in [0.25, 0.3) is 0 Å². The van der Waals surface area contributed by atoms with Gasteiger partial charge in [-0.2, -0.15) is 8.78 Å². The maximum atomic E-state index is 15.4. The predicted octanol–water partition coefficient (Wildman–Crippen LogP) is 7.54. The molecule has 61 heavy (non-hydrogen) atoms. The van der Waals surface area contributed by atoms with Gasteiger partial charge in [-0.1, -0.05) is 0 Å². The van der Waals surface area contributed by atoms with E-state index in [0.29, 0.717) is 18.0 Å². The lowest BCUT2D eigenvalue weighted by molar-refractivity contribution is -0.820. The van der Waals surface area contributed by atoms with Gasteiger partial charge in [-0.05, 0) is 0 Å². The lowest BCUT2D eigenvalue weighted by Crippen LogP contribution is -3.05. The number of rotatable bonds is 5. The Balaban J connectivity index is 0.000000366. The van der Waals surface area contributed by atoms with Crippen LogP contribution in [0.4, 0.5) is 115 Å². The number of halogens is 25. The van der Waals surface area contributed by atoms with Gasteiger partial charge in [0.1, 0.15) is 52.7 Å². The highest BCUT2D eigenvalue weighted by molar-refractivity contribution is 7.20. The third-order valence-electron chi connectivity index (χ3n) is 9.48. The first-order valence-corrected chi connectivity index (χ1v) is 15.8. The van der Waals surface area contributed by atoms with Crippen LogP contribution < -0.4 is 26.8 Å². The van der Waals surface area contributed by atoms with E-state index in [0.717, 1.165) is 12.8 Å². The van der Waals surface area contributed by atoms with E-state index in [2.05, 4.69) is 0 Å². The van der Waals surface area contributed by atoms with E-state index >= 15 is 35.1 Å². The topological polar surface area (TPSA) is 4.44 Å². The zero-order chi connectivity index (χ0) is 46.2. The van der Waals surface area contributed by atoms with Crippen molar-refractivity contribution in [2.75, 3.05) is 13.1 Å². The lowest BCUT2D eigenvalue weighted by atomic mass is 9.12. The Labute approximate surface area is 320 Å². The Kier molecular flexibility index (Phi) is 12.4. The van der Waals surface area contributed by atoms with Gasteiger partial charge in [-0.25, -0.2) is 101 Å². The van der Waals surface area contributed by atoms with Crippen molar-refractivity contribution in [3.05, 3.63) is 145 Å². The fourth-order valence-electron chi connectivity index (χ4n) is 6.84. The monoisotopic (exact) mass is 917 g/mol. The summed E-state index contributed by atoms with van der Waals surface area (Å²) in [4.78, 5) is 0.313. The highest BCUT2D eigenvalue weighted by atomic mass is 19.2. The molecule has 0 aromatic heterocycles. The molecule has 5 aromatic rings. The smallest absolute Gasteiger partial charge is 0.225 e. The van der Waals surface area contributed by atoms with E-state index in [9.17, 15) is 74.6 Å². The normalized spacial score (nSPS) is 13.3. The SMILES string of the molecule is Fc1c(F)c(F)c([B-](c2c(F)c(F)c(F)c(F)c2F)(c2c(F)c(F)c(F)c(F)c2F)c2c(F)c(F)c(F)c(F)c2F)c(F)c1F.Fc1c(F)c(F)c([NH+]2CCCC2)c(F)c1F. The molecule has 0 saturated carbocycles. The van der Waals surface area contributed by atoms with Gasteiger partial charge in [0.2, 0.25) is 34.8 Å². The van der Waals surface area contributed by atoms with Crippen LogP contribution in [0.2, 0.25) is 0 Å². The first-order valence-electron chi connectivity index (χ1n) is 15.8. The van der Waals surface area contributed by atoms with Crippen molar-refractivity contribution >= 4 is 33.7 Å². The van der Waals surface area contributed by atoms with Crippen LogP contribution in [0.5, 0.6) is 0 Å². The summed E-state index contributed by atoms with van der Waals surface area (Å²) < 4.78 is 359. The summed E-state index contributed by atoms with van der Waals surface area (Å²) in [6, 6.07) is 0. The molecule has 0 radical (unpaired) electrons. The number of hydrogen-bond acceptors (Lipinski definition) is 0. The van der Waals surface area contributed by atoms with Crippen LogP contribution in [0.3, 0.4) is 0 Å². The van der Waals surface area contributed by atoms with E-state index in [1.807, 2.05) is 0 Å². The van der Waals surface area contributed by atoms with Gasteiger partial charge < -0.3 is 0 Å². The molecule has 1 saturated heterocycles. The average molecular weight is 917 g/mol. The van der Waals surface area contributed by atoms with Crippen molar-refractivity contribution in [1.82, 2.24) is 0 Å². The standard InChI is InChI=1S/C24BF20.C10H8F5N/c26-5-1(6(27)14(35)21(42)13(5)34)25(2-7(28)15(36)22(43)16(37)8(2)29,3-9(30)17(38)23(44)18(39)10(3)31)4-11(32)19(40)24(45)20(41)12(4)33;11-5-6(12)8(14)10(9(15)7(5)13)16-3-1-2-4-16/h;1-4H2/q-1;/p+1. The van der Waals surface area contributed by atoms with Gasteiger partial charge >= 0.3 is 0 Å². The fraction of sp³-hybridized carbons (Fsp3) is 0.118. The summed E-state index contributed by atoms with van der Waals surface area (Å²) in [6.45, 7) is 0.775. The number of benzene rings is 5. The number of quaternary nitrogens is 1. The van der Waals surface area contributed by atoms with Crippen LogP contribution in [0, 0.1) is 145 Å². The number of hydrogen-bond donors (Lipinski definition) is 1. The van der Waals surface area contributed by atoms with Crippen LogP contribution in [-0.2, 0) is 0 Å². The highest BCUT2D eigenvalue weighted by Crippen LogP contribution is 2.31. The minimum absolute atomic E-state index is 0.313. The molecule has 0 spiro atoms. The van der Waals surface area contributed by atoms with Crippen molar-refractivity contribution < 1.29 is 115 Å². The molecule has 1 heterocycles. The molecule has 328 valence electrons. The van der Waals surface area contributed by atoms with Crippen LogP contribution >= 0.6 is 0 Å². The van der Waals surface area contributed by atoms with E-state index < -0.39 is 179 Å². The average Bonchev–Trinajstić information content (AvgIpc) is 3.77. The molecule has 6 rings (SSSR count). The first kappa shape index (κ1) is 46.4. The molecule has 27 heteroatoms. The molecule has 0 aliphatic carbocycles. The lowest BCUT2D eigenvalue weighted by Gasteiger charge is -2.44. The number of nitrogens with one attached hydrogen (secondary N) is 1. The molecule has 1 aliphatic heterocycles. The molecule has 1 fully saturated rings. The second kappa shape index (κ2) is 16.3. The van der Waals surface area contributed by atoms with Crippen molar-refractivity contribution in [3.8, 4) is 0 Å². The summed E-state index contributed by atoms with van der Waals surface area (Å²) in [5, 5.41) is 0. The minimum Gasteiger partial charge on any atom is -0.297 e. The Morgan fingerprint density at radius 1 is 0.213 bits per heavy atom. The van der Waals surface area contributed by atoms with Gasteiger partial charge in [0, 0.05) is 12.8 Å². The van der Waals surface area contributed by atoms with Gasteiger partial charge in [-0.15, -0.1) is 21.9 Å². The van der Waals surface area contributed by atoms with Gasteiger partial charge in [0.05, 0.1) is 13.1 Å². The Morgan fingerprint density at radius 2 is 0.361 bits per heavy atom. The minimum atomic E-state index is -7.22. The van der Waals surface area contributed by atoms with Crippen molar-refractivity contribution in [1.29, 1.82) is 0 Å². The van der Waals surface area contributed by atoms with Crippen LogP contribution in [0.15, 0.2) is 0 Å². The van der Waals surface area contributed by atoms with Gasteiger partial charge in [0.25, 0.3) is 0 Å². The molecule has 1 aliphatic rings. The largest absolute Gasteiger partial charge is 0.297 e. The quantitative estimate of drug-likeness (QED) is 0.0806. The predicted molar refractivity (Wildman–Crippen MR) is 155 cm³/mol. The second-order valence-electron chi connectivity index (χ2n) is 12.6. The molecule has 1 nitrogen and oxygen atoms in total. The van der Waals surface area contributed by atoms with Crippen LogP contribution in [0.1, 0.15) is 12.8 Å². The fourth-order valence-corrected chi connectivity index (χ4v) is 6.84. The second-order valence-corrected chi connectivity index (χ2v) is 12.6. The third-order valence-corrected chi connectivity index (χ3v) is 9.48. The summed E-state index contributed by atoms with van der Waals surface area (Å²) in [5.74, 6) is -80.7. The molecule has 0 unspecified atom stereocenters. The molecule has 0 bridgehead atoms. The van der Waals surface area contributed by atoms with Crippen molar-refractivity contribution in [2.24, 2.45) is 0 Å². The van der Waals surface area contributed by atoms with E-state index in [-0.39, 0.29) is 0 Å². The molecule has 0 atom stereocenters. The van der Waals surface area contributed by atoms with Crippen molar-refractivity contribution in [2.45, 2.75) is 12.8 Å². The molecule has 1 N–H and O–H groups in total. The van der Waals surface area contributed by atoms with Crippen molar-refractivity contribution in [3.63, 3.8) is 0 Å². The Morgan fingerprint density at radius 3 is 0.541 bits per heavy atom.